The maximum absolute atomic E-state index is 14.4. The van der Waals surface area contributed by atoms with Gasteiger partial charge in [-0.3, -0.25) is 9.59 Å². The van der Waals surface area contributed by atoms with Gasteiger partial charge in [0.1, 0.15) is 28.8 Å². The van der Waals surface area contributed by atoms with Crippen LogP contribution in [0.1, 0.15) is 30.5 Å². The fraction of sp³-hybridized carbons (Fsp3) is 0.209. The van der Waals surface area contributed by atoms with E-state index in [-0.39, 0.29) is 39.9 Å². The first-order chi connectivity index (χ1) is 27.1. The van der Waals surface area contributed by atoms with Crippen molar-refractivity contribution in [3.05, 3.63) is 120 Å². The van der Waals surface area contributed by atoms with Gasteiger partial charge in [-0.25, -0.2) is 21.2 Å². The summed E-state index contributed by atoms with van der Waals surface area (Å²) in [5.74, 6) is -0.216. The molecule has 0 spiro atoms. The highest BCUT2D eigenvalue weighted by molar-refractivity contribution is 7.91. The van der Waals surface area contributed by atoms with Gasteiger partial charge >= 0.3 is 11.9 Å². The monoisotopic (exact) mass is 814 g/mol. The Morgan fingerprint density at radius 2 is 1.16 bits per heavy atom. The van der Waals surface area contributed by atoms with Crippen LogP contribution in [0.2, 0.25) is 0 Å². The number of benzene rings is 6. The molecule has 0 fully saturated rings. The Labute approximate surface area is 329 Å². The van der Waals surface area contributed by atoms with Crippen LogP contribution in [0.25, 0.3) is 21.5 Å². The first-order valence-electron chi connectivity index (χ1n) is 17.8. The molecule has 0 atom stereocenters. The van der Waals surface area contributed by atoms with E-state index in [0.29, 0.717) is 67.0 Å². The maximum Gasteiger partial charge on any atom is 0.317 e. The summed E-state index contributed by atoms with van der Waals surface area (Å²) in [5.41, 5.74) is 1.40. The van der Waals surface area contributed by atoms with Crippen LogP contribution in [0.15, 0.2) is 107 Å². The average molecular weight is 815 g/mol. The van der Waals surface area contributed by atoms with Crippen molar-refractivity contribution in [3.8, 4) is 34.5 Å². The van der Waals surface area contributed by atoms with E-state index in [4.69, 9.17) is 23.7 Å². The summed E-state index contributed by atoms with van der Waals surface area (Å²) >= 11 is 0. The predicted octanol–water partition coefficient (Wildman–Crippen LogP) is 8.48. The summed E-state index contributed by atoms with van der Waals surface area (Å²) < 4.78 is 92.4. The average Bonchev–Trinajstić information content (AvgIpc) is 3.19. The van der Waals surface area contributed by atoms with Crippen molar-refractivity contribution in [1.82, 2.24) is 0 Å². The molecule has 11 nitrogen and oxygen atoms in total. The van der Waals surface area contributed by atoms with E-state index in [1.807, 2.05) is 0 Å². The molecule has 0 heterocycles. The fourth-order valence-corrected chi connectivity index (χ4v) is 8.01. The van der Waals surface area contributed by atoms with Gasteiger partial charge in [0.2, 0.25) is 0 Å². The largest absolute Gasteiger partial charge is 0.493 e. The minimum Gasteiger partial charge on any atom is -0.493 e. The first-order valence-corrected chi connectivity index (χ1v) is 21.1. The highest BCUT2D eigenvalue weighted by Crippen LogP contribution is 2.40. The lowest BCUT2D eigenvalue weighted by atomic mass is 9.98. The van der Waals surface area contributed by atoms with E-state index in [2.05, 4.69) is 0 Å². The number of halogens is 1. The number of esters is 2. The third kappa shape index (κ3) is 9.03. The summed E-state index contributed by atoms with van der Waals surface area (Å²) in [6, 6.07) is 24.4. The number of methoxy groups -OCH3 is 2. The maximum atomic E-state index is 14.4. The van der Waals surface area contributed by atoms with Crippen LogP contribution in [0.3, 0.4) is 0 Å². The molecule has 0 radical (unpaired) electrons. The number of carbonyl (C=O) groups excluding carboxylic acids is 2. The third-order valence-electron chi connectivity index (χ3n) is 9.37. The van der Waals surface area contributed by atoms with Gasteiger partial charge in [0, 0.05) is 10.8 Å². The molecule has 0 aliphatic carbocycles. The summed E-state index contributed by atoms with van der Waals surface area (Å²) in [6.07, 6.45) is -0.629. The highest BCUT2D eigenvalue weighted by atomic mass is 32.2. The molecule has 6 aromatic carbocycles. The zero-order chi connectivity index (χ0) is 41.1. The minimum absolute atomic E-state index is 0.0515. The van der Waals surface area contributed by atoms with Gasteiger partial charge in [0.15, 0.2) is 31.2 Å². The Morgan fingerprint density at radius 1 is 0.596 bits per heavy atom. The van der Waals surface area contributed by atoms with Crippen molar-refractivity contribution in [2.24, 2.45) is 0 Å². The molecule has 0 saturated heterocycles. The number of sulfone groups is 2. The molecular formula is C43H39FO11S2. The van der Waals surface area contributed by atoms with Crippen molar-refractivity contribution in [1.29, 1.82) is 0 Å². The van der Waals surface area contributed by atoms with Crippen LogP contribution in [0.5, 0.6) is 34.5 Å². The van der Waals surface area contributed by atoms with E-state index in [1.54, 1.807) is 57.2 Å². The summed E-state index contributed by atoms with van der Waals surface area (Å²) in [4.78, 5) is 26.8. The Hall–Kier alpha value is -5.99. The SMILES string of the molecule is CCS(=O)(=O)c1ccc(Oc2cc(CC(=O)OC(=O)Cc3cc4ccc(F)cc4c(Oc4ccc(S(=O)(=O)CC)cc4)c3C)cc3cc(OC)c(OC)cc23)cc1. The van der Waals surface area contributed by atoms with E-state index in [1.165, 1.54) is 74.9 Å². The lowest BCUT2D eigenvalue weighted by Gasteiger charge is -2.16. The minimum atomic E-state index is -3.44. The molecule has 0 amide bonds. The molecule has 0 aliphatic heterocycles. The molecule has 0 N–H and O–H groups in total. The van der Waals surface area contributed by atoms with Crippen LogP contribution in [0.4, 0.5) is 4.39 Å². The Kier molecular flexibility index (Phi) is 11.9. The second kappa shape index (κ2) is 16.6. The van der Waals surface area contributed by atoms with E-state index >= 15 is 0 Å². The zero-order valence-corrected chi connectivity index (χ0v) is 33.4. The predicted molar refractivity (Wildman–Crippen MR) is 213 cm³/mol. The molecule has 0 unspecified atom stereocenters. The van der Waals surface area contributed by atoms with Crippen molar-refractivity contribution in [2.45, 2.75) is 43.4 Å². The number of ether oxygens (including phenoxy) is 5. The summed E-state index contributed by atoms with van der Waals surface area (Å²) in [6.45, 7) is 4.80. The topological polar surface area (TPSA) is 149 Å². The van der Waals surface area contributed by atoms with Crippen molar-refractivity contribution in [2.75, 3.05) is 25.7 Å². The smallest absolute Gasteiger partial charge is 0.317 e. The van der Waals surface area contributed by atoms with Crippen molar-refractivity contribution in [3.63, 3.8) is 0 Å². The van der Waals surface area contributed by atoms with Gasteiger partial charge in [-0.15, -0.1) is 0 Å². The number of fused-ring (bicyclic) bond motifs is 2. The number of carbonyl (C=O) groups is 2. The summed E-state index contributed by atoms with van der Waals surface area (Å²) in [7, 11) is -3.88. The first kappa shape index (κ1) is 40.7. The highest BCUT2D eigenvalue weighted by Gasteiger charge is 2.21. The van der Waals surface area contributed by atoms with Crippen LogP contribution in [-0.2, 0) is 46.8 Å². The lowest BCUT2D eigenvalue weighted by Crippen LogP contribution is -2.17. The number of hydrogen-bond acceptors (Lipinski definition) is 11. The molecule has 57 heavy (non-hydrogen) atoms. The molecule has 0 aliphatic rings. The van der Waals surface area contributed by atoms with E-state index in [0.717, 1.165) is 0 Å². The normalized spacial score (nSPS) is 11.7. The van der Waals surface area contributed by atoms with Gasteiger partial charge in [-0.05, 0) is 113 Å². The van der Waals surface area contributed by atoms with Gasteiger partial charge in [0.25, 0.3) is 0 Å². The van der Waals surface area contributed by atoms with E-state index < -0.39 is 37.4 Å². The fourth-order valence-electron chi connectivity index (χ4n) is 6.24. The van der Waals surface area contributed by atoms with E-state index in [9.17, 15) is 30.8 Å². The lowest BCUT2D eigenvalue weighted by molar-refractivity contribution is -0.158. The Bertz CT molecular complexity index is 2730. The second-order valence-corrected chi connectivity index (χ2v) is 17.6. The standard InChI is InChI=1S/C43H39FO11S2/c1-6-56(47,48)34-14-10-32(11-15-34)53-38-19-27(18-30-22-39(51-4)40(52-5)25-36(30)38)20-41(45)55-42(46)23-29-21-28-8-9-31(44)24-37(28)43(26(29)3)54-33-12-16-35(17-13-33)57(49,50)7-2/h8-19,21-22,24-25H,6-7,20,23H2,1-5H3. The van der Waals surface area contributed by atoms with Crippen LogP contribution >= 0.6 is 0 Å². The molecule has 296 valence electrons. The van der Waals surface area contributed by atoms with Crippen molar-refractivity contribution < 1.29 is 54.5 Å². The number of rotatable bonds is 14. The summed E-state index contributed by atoms with van der Waals surface area (Å²) in [5, 5.41) is 2.23. The number of hydrogen-bond donors (Lipinski definition) is 0. The molecule has 0 bridgehead atoms. The Morgan fingerprint density at radius 3 is 1.74 bits per heavy atom. The van der Waals surface area contributed by atoms with Gasteiger partial charge in [0.05, 0.1) is 48.4 Å². The molecule has 0 aromatic heterocycles. The molecular weight excluding hydrogens is 776 g/mol. The second-order valence-electron chi connectivity index (χ2n) is 13.0. The molecule has 6 aromatic rings. The third-order valence-corrected chi connectivity index (χ3v) is 12.9. The quantitative estimate of drug-likeness (QED) is 0.0770. The molecule has 14 heteroatoms. The zero-order valence-electron chi connectivity index (χ0n) is 31.8. The van der Waals surface area contributed by atoms with Gasteiger partial charge < -0.3 is 23.7 Å². The Balaban J connectivity index is 1.25. The van der Waals surface area contributed by atoms with Crippen molar-refractivity contribution >= 4 is 53.2 Å². The molecule has 6 rings (SSSR count). The molecule has 0 saturated carbocycles. The van der Waals surface area contributed by atoms with Gasteiger partial charge in [-0.2, -0.15) is 0 Å². The van der Waals surface area contributed by atoms with Crippen LogP contribution in [-0.4, -0.2) is 54.5 Å². The van der Waals surface area contributed by atoms with Crippen LogP contribution < -0.4 is 18.9 Å². The van der Waals surface area contributed by atoms with Crippen LogP contribution in [0, 0.1) is 12.7 Å². The van der Waals surface area contributed by atoms with Gasteiger partial charge in [-0.1, -0.05) is 32.0 Å².